The van der Waals surface area contributed by atoms with Crippen LogP contribution < -0.4 is 0 Å². The van der Waals surface area contributed by atoms with E-state index in [1.165, 1.54) is 12.8 Å². The Bertz CT molecular complexity index is 644. The normalized spacial score (nSPS) is 14.6. The van der Waals surface area contributed by atoms with E-state index in [4.69, 9.17) is 11.6 Å². The molecular formula is C14H14ClN3. The molecule has 1 aromatic heterocycles. The summed E-state index contributed by atoms with van der Waals surface area (Å²) >= 11 is 6.32. The van der Waals surface area contributed by atoms with E-state index in [0.29, 0.717) is 5.02 Å². The molecule has 0 bridgehead atoms. The van der Waals surface area contributed by atoms with Crippen molar-refractivity contribution in [2.45, 2.75) is 32.7 Å². The molecule has 1 saturated carbocycles. The van der Waals surface area contributed by atoms with Crippen LogP contribution in [-0.4, -0.2) is 15.0 Å². The van der Waals surface area contributed by atoms with Crippen LogP contribution in [-0.2, 0) is 6.54 Å². The number of aromatic nitrogens is 3. The van der Waals surface area contributed by atoms with Crippen LogP contribution in [0.2, 0.25) is 5.02 Å². The first-order valence-electron chi connectivity index (χ1n) is 6.30. The van der Waals surface area contributed by atoms with Crippen molar-refractivity contribution < 1.29 is 0 Å². The van der Waals surface area contributed by atoms with Gasteiger partial charge in [0.25, 0.3) is 0 Å². The van der Waals surface area contributed by atoms with Gasteiger partial charge in [0.2, 0.25) is 0 Å². The van der Waals surface area contributed by atoms with E-state index in [-0.39, 0.29) is 0 Å². The molecular weight excluding hydrogens is 246 g/mol. The summed E-state index contributed by atoms with van der Waals surface area (Å²) in [5.41, 5.74) is 2.61. The fourth-order valence-corrected chi connectivity index (χ4v) is 2.21. The fraction of sp³-hybridized carbons (Fsp3) is 0.429. The zero-order chi connectivity index (χ0) is 12.5. The smallest absolute Gasteiger partial charge is 0.133 e. The Morgan fingerprint density at radius 2 is 2.28 bits per heavy atom. The monoisotopic (exact) mass is 259 g/mol. The molecule has 0 radical (unpaired) electrons. The molecule has 0 unspecified atom stereocenters. The van der Waals surface area contributed by atoms with Crippen LogP contribution in [0, 0.1) is 17.8 Å². The van der Waals surface area contributed by atoms with Crippen LogP contribution in [0.4, 0.5) is 0 Å². The third-order valence-electron chi connectivity index (χ3n) is 3.15. The maximum Gasteiger partial charge on any atom is 0.133 e. The van der Waals surface area contributed by atoms with Gasteiger partial charge in [-0.05, 0) is 30.9 Å². The first-order valence-corrected chi connectivity index (χ1v) is 6.68. The summed E-state index contributed by atoms with van der Waals surface area (Å²) in [6, 6.07) is 3.98. The van der Waals surface area contributed by atoms with E-state index in [2.05, 4.69) is 22.2 Å². The minimum Gasteiger partial charge on any atom is -0.244 e. The van der Waals surface area contributed by atoms with E-state index in [1.54, 1.807) is 0 Å². The molecule has 92 valence electrons. The third kappa shape index (κ3) is 2.09. The Balaban J connectivity index is 2.04. The lowest BCUT2D eigenvalue weighted by atomic mass is 10.2. The molecule has 3 rings (SSSR count). The second-order valence-corrected chi connectivity index (χ2v) is 5.04. The van der Waals surface area contributed by atoms with Gasteiger partial charge in [0, 0.05) is 18.5 Å². The topological polar surface area (TPSA) is 30.7 Å². The highest BCUT2D eigenvalue weighted by molar-refractivity contribution is 6.36. The van der Waals surface area contributed by atoms with Gasteiger partial charge in [0.05, 0.1) is 10.5 Å². The van der Waals surface area contributed by atoms with Crippen molar-refractivity contribution in [3.8, 4) is 11.8 Å². The Labute approximate surface area is 111 Å². The summed E-state index contributed by atoms with van der Waals surface area (Å²) in [6.45, 7) is 2.97. The summed E-state index contributed by atoms with van der Waals surface area (Å²) in [4.78, 5) is 0. The van der Waals surface area contributed by atoms with Crippen LogP contribution in [0.3, 0.4) is 0 Å². The van der Waals surface area contributed by atoms with Crippen molar-refractivity contribution in [1.29, 1.82) is 0 Å². The molecule has 0 saturated heterocycles. The number of hydrogen-bond donors (Lipinski definition) is 0. The second kappa shape index (κ2) is 4.62. The lowest BCUT2D eigenvalue weighted by molar-refractivity contribution is 0.559. The quantitative estimate of drug-likeness (QED) is 0.775. The molecule has 1 heterocycles. The van der Waals surface area contributed by atoms with E-state index in [0.717, 1.165) is 35.5 Å². The summed E-state index contributed by atoms with van der Waals surface area (Å²) in [7, 11) is 0. The highest BCUT2D eigenvalue weighted by Crippen LogP contribution is 2.32. The van der Waals surface area contributed by atoms with Gasteiger partial charge in [0.15, 0.2) is 0 Å². The van der Waals surface area contributed by atoms with Crippen LogP contribution in [0.1, 0.15) is 31.7 Å². The molecule has 0 spiro atoms. The van der Waals surface area contributed by atoms with Gasteiger partial charge in [-0.15, -0.1) is 5.10 Å². The molecule has 1 fully saturated rings. The van der Waals surface area contributed by atoms with Gasteiger partial charge in [0.1, 0.15) is 5.52 Å². The molecule has 0 N–H and O–H groups in total. The number of rotatable bonds is 2. The predicted octanol–water partition coefficient (Wildman–Crippen LogP) is 3.26. The highest BCUT2D eigenvalue weighted by Gasteiger charge is 2.23. The molecule has 4 heteroatoms. The van der Waals surface area contributed by atoms with Crippen molar-refractivity contribution in [3.05, 3.63) is 22.7 Å². The van der Waals surface area contributed by atoms with Crippen LogP contribution in [0.5, 0.6) is 0 Å². The minimum absolute atomic E-state index is 0.621. The number of hydrogen-bond acceptors (Lipinski definition) is 2. The van der Waals surface area contributed by atoms with Crippen molar-refractivity contribution in [2.24, 2.45) is 5.92 Å². The van der Waals surface area contributed by atoms with Crippen molar-refractivity contribution >= 4 is 22.6 Å². The van der Waals surface area contributed by atoms with Crippen LogP contribution in [0.25, 0.3) is 11.0 Å². The average molecular weight is 260 g/mol. The maximum atomic E-state index is 6.32. The van der Waals surface area contributed by atoms with Crippen LogP contribution >= 0.6 is 11.6 Å². The third-order valence-corrected chi connectivity index (χ3v) is 3.54. The zero-order valence-electron chi connectivity index (χ0n) is 10.3. The van der Waals surface area contributed by atoms with E-state index >= 15 is 0 Å². The van der Waals surface area contributed by atoms with Crippen molar-refractivity contribution in [2.75, 3.05) is 0 Å². The molecule has 0 aliphatic heterocycles. The summed E-state index contributed by atoms with van der Waals surface area (Å²) in [5.74, 6) is 6.86. The highest BCUT2D eigenvalue weighted by atomic mass is 35.5. The predicted molar refractivity (Wildman–Crippen MR) is 72.4 cm³/mol. The Morgan fingerprint density at radius 3 is 3.00 bits per heavy atom. The fourth-order valence-electron chi connectivity index (χ4n) is 1.96. The number of halogens is 1. The molecule has 1 aliphatic carbocycles. The molecule has 2 aromatic rings. The number of benzene rings is 1. The van der Waals surface area contributed by atoms with E-state index in [9.17, 15) is 0 Å². The first kappa shape index (κ1) is 11.6. The summed E-state index contributed by atoms with van der Waals surface area (Å²) in [6.07, 6.45) is 3.42. The zero-order valence-corrected chi connectivity index (χ0v) is 11.0. The first-order chi connectivity index (χ1) is 8.79. The Hall–Kier alpha value is -1.53. The second-order valence-electron chi connectivity index (χ2n) is 4.67. The van der Waals surface area contributed by atoms with Gasteiger partial charge >= 0.3 is 0 Å². The SMILES string of the molecule is CCC#Cc1ccc2c(nnn2CC2CC2)c1Cl. The maximum absolute atomic E-state index is 6.32. The summed E-state index contributed by atoms with van der Waals surface area (Å²) < 4.78 is 1.95. The number of nitrogens with zero attached hydrogens (tertiary/aromatic N) is 3. The Morgan fingerprint density at radius 1 is 1.44 bits per heavy atom. The molecule has 1 aromatic carbocycles. The molecule has 18 heavy (non-hydrogen) atoms. The van der Waals surface area contributed by atoms with Crippen molar-refractivity contribution in [3.63, 3.8) is 0 Å². The van der Waals surface area contributed by atoms with Gasteiger partial charge < -0.3 is 0 Å². The summed E-state index contributed by atoms with van der Waals surface area (Å²) in [5, 5.41) is 8.99. The minimum atomic E-state index is 0.621. The Kier molecular flexibility index (Phi) is 2.97. The van der Waals surface area contributed by atoms with Gasteiger partial charge in [-0.1, -0.05) is 35.6 Å². The lowest BCUT2D eigenvalue weighted by Crippen LogP contribution is -2.01. The van der Waals surface area contributed by atoms with E-state index < -0.39 is 0 Å². The van der Waals surface area contributed by atoms with Gasteiger partial charge in [-0.25, -0.2) is 4.68 Å². The molecule has 1 aliphatic rings. The lowest BCUT2D eigenvalue weighted by Gasteiger charge is -2.01. The van der Waals surface area contributed by atoms with Gasteiger partial charge in [-0.3, -0.25) is 0 Å². The molecule has 0 atom stereocenters. The molecule has 3 nitrogen and oxygen atoms in total. The standard InChI is InChI=1S/C14H14ClN3/c1-2-3-4-11-7-8-12-14(13(11)15)16-17-18(12)9-10-5-6-10/h7-8,10H,2,5-6,9H2,1H3. The van der Waals surface area contributed by atoms with Crippen LogP contribution in [0.15, 0.2) is 12.1 Å². The van der Waals surface area contributed by atoms with Gasteiger partial charge in [-0.2, -0.15) is 0 Å². The largest absolute Gasteiger partial charge is 0.244 e. The van der Waals surface area contributed by atoms with E-state index in [1.807, 2.05) is 23.7 Å². The number of fused-ring (bicyclic) bond motifs is 1. The molecule has 0 amide bonds. The average Bonchev–Trinajstić information content (AvgIpc) is 3.09. The van der Waals surface area contributed by atoms with Crippen molar-refractivity contribution in [1.82, 2.24) is 15.0 Å².